The minimum Gasteiger partial charge on any atom is -0.413 e. The van der Waals surface area contributed by atoms with Crippen LogP contribution in [0.5, 0.6) is 0 Å². The molecule has 0 atom stereocenters. The highest BCUT2D eigenvalue weighted by Crippen LogP contribution is 2.37. The van der Waals surface area contributed by atoms with Crippen molar-refractivity contribution in [3.05, 3.63) is 36.2 Å². The Morgan fingerprint density at radius 3 is 2.55 bits per heavy atom. The van der Waals surface area contributed by atoms with E-state index in [1.807, 2.05) is 30.6 Å². The summed E-state index contributed by atoms with van der Waals surface area (Å²) in [7, 11) is -1.78. The van der Waals surface area contributed by atoms with Crippen LogP contribution in [-0.2, 0) is 11.0 Å². The zero-order chi connectivity index (χ0) is 22.2. The second-order valence-electron chi connectivity index (χ2n) is 10.1. The summed E-state index contributed by atoms with van der Waals surface area (Å²) in [6, 6.07) is 6.38. The van der Waals surface area contributed by atoms with E-state index in [-0.39, 0.29) is 5.04 Å². The van der Waals surface area contributed by atoms with Gasteiger partial charge in [-0.25, -0.2) is 9.97 Å². The van der Waals surface area contributed by atoms with E-state index < -0.39 is 8.32 Å². The first-order valence-corrected chi connectivity index (χ1v) is 14.0. The highest BCUT2D eigenvalue weighted by molar-refractivity contribution is 6.74. The monoisotopic (exact) mass is 438 g/mol. The van der Waals surface area contributed by atoms with Crippen LogP contribution in [0.3, 0.4) is 0 Å². The molecule has 0 bridgehead atoms. The summed E-state index contributed by atoms with van der Waals surface area (Å²) in [5.74, 6) is 2.00. The van der Waals surface area contributed by atoms with Crippen LogP contribution in [0.2, 0.25) is 18.1 Å². The van der Waals surface area contributed by atoms with E-state index >= 15 is 0 Å². The Hall–Kier alpha value is -2.45. The Kier molecular flexibility index (Phi) is 5.78. The number of nitrogens with zero attached hydrogens (tertiary/aromatic N) is 4. The lowest BCUT2D eigenvalue weighted by Crippen LogP contribution is -2.40. The number of nitrogen functional groups attached to an aromatic ring is 1. The van der Waals surface area contributed by atoms with Crippen molar-refractivity contribution in [2.75, 3.05) is 11.1 Å². The number of anilines is 3. The van der Waals surface area contributed by atoms with Gasteiger partial charge in [0.1, 0.15) is 17.3 Å². The van der Waals surface area contributed by atoms with Gasteiger partial charge in [-0.2, -0.15) is 4.98 Å². The molecule has 0 spiro atoms. The number of aromatic nitrogens is 4. The SMILES string of the molecule is CC(C)(C)[Si](C)(C)OCc1ccc(Nc2ncc3cc(N)n(C4CCCC4)c3n2)nc1. The summed E-state index contributed by atoms with van der Waals surface area (Å²) in [5, 5.41) is 4.39. The first kappa shape index (κ1) is 21.8. The van der Waals surface area contributed by atoms with Crippen molar-refractivity contribution in [2.24, 2.45) is 0 Å². The van der Waals surface area contributed by atoms with Gasteiger partial charge in [0.05, 0.1) is 6.61 Å². The van der Waals surface area contributed by atoms with Gasteiger partial charge in [0.15, 0.2) is 8.32 Å². The molecule has 0 aliphatic heterocycles. The maximum Gasteiger partial charge on any atom is 0.230 e. The predicted molar refractivity (Wildman–Crippen MR) is 129 cm³/mol. The summed E-state index contributed by atoms with van der Waals surface area (Å²) in [6.07, 6.45) is 8.48. The summed E-state index contributed by atoms with van der Waals surface area (Å²) in [5.41, 5.74) is 8.25. The van der Waals surface area contributed by atoms with Crippen molar-refractivity contribution in [2.45, 2.75) is 77.2 Å². The molecule has 1 saturated carbocycles. The average Bonchev–Trinajstić information content (AvgIpc) is 3.33. The maximum atomic E-state index is 6.29. The average molecular weight is 439 g/mol. The Morgan fingerprint density at radius 2 is 1.90 bits per heavy atom. The van der Waals surface area contributed by atoms with Crippen molar-refractivity contribution >= 4 is 36.9 Å². The number of fused-ring (bicyclic) bond motifs is 1. The molecule has 4 rings (SSSR count). The number of rotatable bonds is 6. The number of hydrogen-bond donors (Lipinski definition) is 2. The van der Waals surface area contributed by atoms with Crippen molar-refractivity contribution in [1.29, 1.82) is 0 Å². The Bertz CT molecular complexity index is 1050. The number of nitrogens with one attached hydrogen (secondary N) is 1. The van der Waals surface area contributed by atoms with Gasteiger partial charge in [0.2, 0.25) is 5.95 Å². The van der Waals surface area contributed by atoms with Gasteiger partial charge in [-0.1, -0.05) is 39.7 Å². The molecular formula is C23H34N6OSi. The maximum absolute atomic E-state index is 6.29. The minimum absolute atomic E-state index is 0.192. The van der Waals surface area contributed by atoms with Crippen molar-refractivity contribution in [3.8, 4) is 0 Å². The van der Waals surface area contributed by atoms with Gasteiger partial charge in [0, 0.05) is 23.8 Å². The van der Waals surface area contributed by atoms with Crippen LogP contribution in [0.25, 0.3) is 11.0 Å². The summed E-state index contributed by atoms with van der Waals surface area (Å²) in [4.78, 5) is 13.7. The topological polar surface area (TPSA) is 90.9 Å². The quantitative estimate of drug-likeness (QED) is 0.473. The van der Waals surface area contributed by atoms with E-state index in [2.05, 4.69) is 53.7 Å². The molecule has 7 nitrogen and oxygen atoms in total. The van der Waals surface area contributed by atoms with Crippen LogP contribution in [-0.4, -0.2) is 27.8 Å². The smallest absolute Gasteiger partial charge is 0.230 e. The Labute approximate surface area is 185 Å². The van der Waals surface area contributed by atoms with Gasteiger partial charge >= 0.3 is 0 Å². The third kappa shape index (κ3) is 4.60. The first-order chi connectivity index (χ1) is 14.6. The molecule has 31 heavy (non-hydrogen) atoms. The van der Waals surface area contributed by atoms with E-state index in [1.54, 1.807) is 0 Å². The molecule has 0 saturated heterocycles. The van der Waals surface area contributed by atoms with Crippen LogP contribution in [0.4, 0.5) is 17.6 Å². The molecule has 0 radical (unpaired) electrons. The highest BCUT2D eigenvalue weighted by atomic mass is 28.4. The van der Waals surface area contributed by atoms with E-state index in [9.17, 15) is 0 Å². The molecule has 3 aromatic heterocycles. The second kappa shape index (κ2) is 8.24. The normalized spacial score (nSPS) is 15.6. The van der Waals surface area contributed by atoms with Gasteiger partial charge in [0.25, 0.3) is 0 Å². The van der Waals surface area contributed by atoms with E-state index in [0.717, 1.165) is 35.3 Å². The molecule has 166 valence electrons. The van der Waals surface area contributed by atoms with Crippen LogP contribution in [0.1, 0.15) is 58.1 Å². The Morgan fingerprint density at radius 1 is 1.16 bits per heavy atom. The van der Waals surface area contributed by atoms with Crippen LogP contribution >= 0.6 is 0 Å². The molecule has 1 aliphatic rings. The lowest BCUT2D eigenvalue weighted by Gasteiger charge is -2.36. The zero-order valence-electron chi connectivity index (χ0n) is 19.3. The van der Waals surface area contributed by atoms with Crippen molar-refractivity contribution < 1.29 is 4.43 Å². The molecule has 1 aliphatic carbocycles. The lowest BCUT2D eigenvalue weighted by molar-refractivity contribution is 0.276. The number of pyridine rings is 1. The standard InChI is InChI=1S/C23H34N6OSi/c1-23(2,3)31(4,5)30-15-16-10-11-20(25-13-16)27-22-26-14-17-12-19(24)29(21(17)28-22)18-8-6-7-9-18/h10-14,18H,6-9,15,24H2,1-5H3,(H,25,26,27,28). The fourth-order valence-corrected chi connectivity index (χ4v) is 4.77. The summed E-state index contributed by atoms with van der Waals surface area (Å²) >= 11 is 0. The summed E-state index contributed by atoms with van der Waals surface area (Å²) in [6.45, 7) is 11.9. The molecule has 0 unspecified atom stereocenters. The van der Waals surface area contributed by atoms with Crippen LogP contribution in [0, 0.1) is 0 Å². The predicted octanol–water partition coefficient (Wildman–Crippen LogP) is 5.79. The minimum atomic E-state index is -1.78. The van der Waals surface area contributed by atoms with Gasteiger partial charge in [-0.15, -0.1) is 0 Å². The van der Waals surface area contributed by atoms with Crippen LogP contribution in [0.15, 0.2) is 30.6 Å². The zero-order valence-corrected chi connectivity index (χ0v) is 20.3. The molecule has 0 aromatic carbocycles. The molecule has 3 N–H and O–H groups in total. The third-order valence-corrected chi connectivity index (χ3v) is 11.2. The highest BCUT2D eigenvalue weighted by Gasteiger charge is 2.37. The molecule has 0 amide bonds. The van der Waals surface area contributed by atoms with E-state index in [4.69, 9.17) is 15.1 Å². The second-order valence-corrected chi connectivity index (χ2v) is 14.9. The number of nitrogens with two attached hydrogens (primary N) is 1. The van der Waals surface area contributed by atoms with Gasteiger partial charge < -0.3 is 20.0 Å². The fourth-order valence-electron chi connectivity index (χ4n) is 3.81. The van der Waals surface area contributed by atoms with E-state index in [1.165, 1.54) is 12.8 Å². The number of hydrogen-bond acceptors (Lipinski definition) is 6. The molecular weight excluding hydrogens is 404 g/mol. The molecule has 3 aromatic rings. The first-order valence-electron chi connectivity index (χ1n) is 11.1. The van der Waals surface area contributed by atoms with Gasteiger partial charge in [-0.05, 0) is 48.7 Å². The van der Waals surface area contributed by atoms with Gasteiger partial charge in [-0.3, -0.25) is 0 Å². The largest absolute Gasteiger partial charge is 0.413 e. The molecule has 8 heteroatoms. The molecule has 3 heterocycles. The fraction of sp³-hybridized carbons (Fsp3) is 0.522. The summed E-state index contributed by atoms with van der Waals surface area (Å²) < 4.78 is 8.46. The third-order valence-electron chi connectivity index (χ3n) is 6.77. The lowest BCUT2D eigenvalue weighted by atomic mass is 10.2. The van der Waals surface area contributed by atoms with Crippen molar-refractivity contribution in [1.82, 2.24) is 19.5 Å². The van der Waals surface area contributed by atoms with Crippen molar-refractivity contribution in [3.63, 3.8) is 0 Å². The Balaban J connectivity index is 1.47. The van der Waals surface area contributed by atoms with Crippen LogP contribution < -0.4 is 11.1 Å². The molecule has 1 fully saturated rings. The van der Waals surface area contributed by atoms with E-state index in [0.29, 0.717) is 24.4 Å².